The fourth-order valence-electron chi connectivity index (χ4n) is 3.24. The van der Waals surface area contributed by atoms with Crippen molar-refractivity contribution < 1.29 is 9.18 Å². The van der Waals surface area contributed by atoms with Crippen molar-refractivity contribution in [2.24, 2.45) is 13.0 Å². The van der Waals surface area contributed by atoms with Crippen molar-refractivity contribution in [3.05, 3.63) is 64.9 Å². The van der Waals surface area contributed by atoms with E-state index in [1.807, 2.05) is 24.3 Å². The van der Waals surface area contributed by atoms with E-state index < -0.39 is 0 Å². The van der Waals surface area contributed by atoms with Gasteiger partial charge in [-0.3, -0.25) is 4.79 Å². The summed E-state index contributed by atoms with van der Waals surface area (Å²) in [5, 5.41) is 12.6. The van der Waals surface area contributed by atoms with Gasteiger partial charge >= 0.3 is 0 Å². The lowest BCUT2D eigenvalue weighted by Gasteiger charge is -2.18. The molecule has 0 bridgehead atoms. The van der Waals surface area contributed by atoms with Gasteiger partial charge in [-0.25, -0.2) is 4.39 Å². The predicted molar refractivity (Wildman–Crippen MR) is 112 cm³/mol. The summed E-state index contributed by atoms with van der Waals surface area (Å²) < 4.78 is 15.7. The minimum absolute atomic E-state index is 0.00570. The van der Waals surface area contributed by atoms with Gasteiger partial charge in [0.1, 0.15) is 5.82 Å². The number of nitrogens with zero attached hydrogens (tertiary/aromatic N) is 3. The van der Waals surface area contributed by atoms with Crippen LogP contribution in [-0.2, 0) is 11.8 Å². The normalized spacial score (nSPS) is 14.6. The number of amides is 1. The maximum absolute atomic E-state index is 14.0. The monoisotopic (exact) mass is 430 g/mol. The summed E-state index contributed by atoms with van der Waals surface area (Å²) in [7, 11) is 1.77. The first-order chi connectivity index (χ1) is 14.0. The Bertz CT molecular complexity index is 1020. The molecule has 1 N–H and O–H groups in total. The van der Waals surface area contributed by atoms with E-state index in [1.54, 1.807) is 29.8 Å². The van der Waals surface area contributed by atoms with Crippen molar-refractivity contribution in [1.29, 1.82) is 0 Å². The van der Waals surface area contributed by atoms with Gasteiger partial charge in [-0.05, 0) is 48.6 Å². The van der Waals surface area contributed by atoms with E-state index in [1.165, 1.54) is 17.8 Å². The first kappa shape index (κ1) is 19.9. The summed E-state index contributed by atoms with van der Waals surface area (Å²) in [6.07, 6.45) is 2.21. The number of rotatable bonds is 7. The van der Waals surface area contributed by atoms with Gasteiger partial charge in [-0.15, -0.1) is 10.2 Å². The molecule has 1 amide bonds. The Balaban J connectivity index is 1.41. The van der Waals surface area contributed by atoms with Crippen LogP contribution in [-0.4, -0.2) is 26.4 Å². The zero-order chi connectivity index (χ0) is 20.4. The lowest BCUT2D eigenvalue weighted by atomic mass is 10.0. The Morgan fingerprint density at radius 1 is 1.24 bits per heavy atom. The highest BCUT2D eigenvalue weighted by Gasteiger charge is 2.33. The van der Waals surface area contributed by atoms with Gasteiger partial charge in [-0.2, -0.15) is 0 Å². The molecule has 3 aromatic rings. The van der Waals surface area contributed by atoms with Crippen LogP contribution in [0.3, 0.4) is 0 Å². The number of nitrogens with one attached hydrogen (secondary N) is 1. The molecule has 150 valence electrons. The summed E-state index contributed by atoms with van der Waals surface area (Å²) in [5.74, 6) is 0.681. The lowest BCUT2D eigenvalue weighted by molar-refractivity contribution is -0.119. The summed E-state index contributed by atoms with van der Waals surface area (Å²) in [6, 6.07) is 14.0. The Kier molecular flexibility index (Phi) is 5.87. The molecule has 1 aliphatic rings. The number of benzene rings is 2. The van der Waals surface area contributed by atoms with Gasteiger partial charge in [-0.1, -0.05) is 47.6 Å². The molecule has 5 nitrogen and oxygen atoms in total. The van der Waals surface area contributed by atoms with Crippen molar-refractivity contribution in [3.63, 3.8) is 0 Å². The van der Waals surface area contributed by atoms with E-state index >= 15 is 0 Å². The minimum atomic E-state index is -0.354. The van der Waals surface area contributed by atoms with Crippen LogP contribution in [0.4, 0.5) is 4.39 Å². The Morgan fingerprint density at radius 3 is 2.66 bits per heavy atom. The summed E-state index contributed by atoms with van der Waals surface area (Å²) in [5.41, 5.74) is 1.45. The van der Waals surface area contributed by atoms with E-state index in [2.05, 4.69) is 15.5 Å². The fraction of sp³-hybridized carbons (Fsp3) is 0.286. The van der Waals surface area contributed by atoms with Crippen molar-refractivity contribution in [2.75, 3.05) is 5.75 Å². The third kappa shape index (κ3) is 4.62. The predicted octanol–water partition coefficient (Wildman–Crippen LogP) is 4.63. The smallest absolute Gasteiger partial charge is 0.230 e. The number of carbonyl (C=O) groups is 1. The number of carbonyl (C=O) groups excluding carboxylic acids is 1. The Hall–Kier alpha value is -2.38. The molecule has 8 heteroatoms. The standard InChI is InChI=1S/C21H20ClFN4OS/c1-27-20(16-4-2-3-5-17(16)23)25-26-21(27)29-12-18(28)24-19(13-6-7-13)14-8-10-15(22)11-9-14/h2-5,8-11,13,19H,6-7,12H2,1H3,(H,24,28). The molecule has 1 aromatic heterocycles. The zero-order valence-electron chi connectivity index (χ0n) is 15.8. The van der Waals surface area contributed by atoms with Gasteiger partial charge in [0.25, 0.3) is 0 Å². The van der Waals surface area contributed by atoms with E-state index in [0.29, 0.717) is 27.5 Å². The first-order valence-corrected chi connectivity index (χ1v) is 10.7. The van der Waals surface area contributed by atoms with Crippen molar-refractivity contribution in [1.82, 2.24) is 20.1 Å². The van der Waals surface area contributed by atoms with Crippen LogP contribution in [0.25, 0.3) is 11.4 Å². The quantitative estimate of drug-likeness (QED) is 0.555. The Morgan fingerprint density at radius 2 is 1.97 bits per heavy atom. The van der Waals surface area contributed by atoms with Crippen LogP contribution in [0.5, 0.6) is 0 Å². The molecule has 1 atom stereocenters. The van der Waals surface area contributed by atoms with Crippen LogP contribution < -0.4 is 5.32 Å². The molecule has 1 heterocycles. The molecule has 0 spiro atoms. The molecule has 0 saturated heterocycles. The highest BCUT2D eigenvalue weighted by molar-refractivity contribution is 7.99. The lowest BCUT2D eigenvalue weighted by Crippen LogP contribution is -2.31. The van der Waals surface area contributed by atoms with Crippen molar-refractivity contribution in [3.8, 4) is 11.4 Å². The maximum Gasteiger partial charge on any atom is 0.230 e. The van der Waals surface area contributed by atoms with Crippen LogP contribution in [0, 0.1) is 11.7 Å². The van der Waals surface area contributed by atoms with Gasteiger partial charge in [0.2, 0.25) is 5.91 Å². The van der Waals surface area contributed by atoms with E-state index in [-0.39, 0.29) is 23.5 Å². The molecule has 1 aliphatic carbocycles. The summed E-state index contributed by atoms with van der Waals surface area (Å²) in [4.78, 5) is 12.6. The highest BCUT2D eigenvalue weighted by Crippen LogP contribution is 2.41. The largest absolute Gasteiger partial charge is 0.348 e. The first-order valence-electron chi connectivity index (χ1n) is 9.35. The number of aromatic nitrogens is 3. The Labute approximate surface area is 177 Å². The van der Waals surface area contributed by atoms with E-state index in [0.717, 1.165) is 18.4 Å². The number of hydrogen-bond donors (Lipinski definition) is 1. The van der Waals surface area contributed by atoms with Crippen LogP contribution in [0.15, 0.2) is 53.7 Å². The van der Waals surface area contributed by atoms with Crippen LogP contribution >= 0.6 is 23.4 Å². The summed E-state index contributed by atoms with van der Waals surface area (Å²) in [6.45, 7) is 0. The minimum Gasteiger partial charge on any atom is -0.348 e. The molecule has 1 saturated carbocycles. The molecular weight excluding hydrogens is 411 g/mol. The molecular formula is C21H20ClFN4OS. The topological polar surface area (TPSA) is 59.8 Å². The van der Waals surface area contributed by atoms with Crippen LogP contribution in [0.2, 0.25) is 5.02 Å². The van der Waals surface area contributed by atoms with Crippen molar-refractivity contribution in [2.45, 2.75) is 24.0 Å². The van der Waals surface area contributed by atoms with Gasteiger partial charge < -0.3 is 9.88 Å². The van der Waals surface area contributed by atoms with Crippen LogP contribution in [0.1, 0.15) is 24.4 Å². The molecule has 0 radical (unpaired) electrons. The second-order valence-corrected chi connectivity index (χ2v) is 8.45. The average Bonchev–Trinajstić information content (AvgIpc) is 3.49. The number of halogens is 2. The van der Waals surface area contributed by atoms with Gasteiger partial charge in [0.15, 0.2) is 11.0 Å². The van der Waals surface area contributed by atoms with Gasteiger partial charge in [0.05, 0.1) is 17.4 Å². The third-order valence-corrected chi connectivity index (χ3v) is 6.19. The fourth-order valence-corrected chi connectivity index (χ4v) is 4.08. The molecule has 2 aromatic carbocycles. The van der Waals surface area contributed by atoms with Gasteiger partial charge in [0, 0.05) is 12.1 Å². The van der Waals surface area contributed by atoms with Crippen molar-refractivity contribution >= 4 is 29.3 Å². The third-order valence-electron chi connectivity index (χ3n) is 4.92. The molecule has 4 rings (SSSR count). The highest BCUT2D eigenvalue weighted by atomic mass is 35.5. The zero-order valence-corrected chi connectivity index (χ0v) is 17.4. The second-order valence-electron chi connectivity index (χ2n) is 7.07. The molecule has 1 fully saturated rings. The second kappa shape index (κ2) is 8.55. The van der Waals surface area contributed by atoms with E-state index in [4.69, 9.17) is 11.6 Å². The average molecular weight is 431 g/mol. The summed E-state index contributed by atoms with van der Waals surface area (Å²) >= 11 is 7.26. The molecule has 1 unspecified atom stereocenters. The SMILES string of the molecule is Cn1c(SCC(=O)NC(c2ccc(Cl)cc2)C2CC2)nnc1-c1ccccc1F. The molecule has 0 aliphatic heterocycles. The van der Waals surface area contributed by atoms with E-state index in [9.17, 15) is 9.18 Å². The number of hydrogen-bond acceptors (Lipinski definition) is 4. The maximum atomic E-state index is 14.0. The number of thioether (sulfide) groups is 1. The molecule has 29 heavy (non-hydrogen) atoms.